The number of benzene rings is 2. The van der Waals surface area contributed by atoms with Crippen LogP contribution in [0.15, 0.2) is 66.9 Å². The van der Waals surface area contributed by atoms with E-state index in [4.69, 9.17) is 4.74 Å². The lowest BCUT2D eigenvalue weighted by Crippen LogP contribution is -2.30. The van der Waals surface area contributed by atoms with Gasteiger partial charge in [0.15, 0.2) is 6.10 Å². The van der Waals surface area contributed by atoms with Gasteiger partial charge in [0, 0.05) is 11.6 Å². The number of nitrogens with one attached hydrogen (secondary N) is 1. The van der Waals surface area contributed by atoms with Gasteiger partial charge in [-0.3, -0.25) is 9.78 Å². The Bertz CT molecular complexity index is 782. The Hall–Kier alpha value is -2.88. The molecule has 3 rings (SSSR count). The van der Waals surface area contributed by atoms with E-state index in [1.54, 1.807) is 13.1 Å². The first-order valence-corrected chi connectivity index (χ1v) is 7.10. The topological polar surface area (TPSA) is 51.2 Å². The fourth-order valence-corrected chi connectivity index (χ4v) is 2.20. The van der Waals surface area contributed by atoms with E-state index in [2.05, 4.69) is 10.3 Å². The summed E-state index contributed by atoms with van der Waals surface area (Å²) in [5.74, 6) is 0.461. The predicted molar refractivity (Wildman–Crippen MR) is 86.9 cm³/mol. The summed E-state index contributed by atoms with van der Waals surface area (Å²) in [4.78, 5) is 16.6. The minimum Gasteiger partial charge on any atom is -0.481 e. The number of carbonyl (C=O) groups excluding carboxylic acids is 1. The van der Waals surface area contributed by atoms with Crippen LogP contribution >= 0.6 is 0 Å². The maximum Gasteiger partial charge on any atom is 0.265 e. The van der Waals surface area contributed by atoms with E-state index in [1.807, 2.05) is 60.7 Å². The van der Waals surface area contributed by atoms with Crippen LogP contribution in [0.5, 0.6) is 5.75 Å². The number of pyridine rings is 1. The summed E-state index contributed by atoms with van der Waals surface area (Å²) in [7, 11) is 0. The molecule has 0 radical (unpaired) electrons. The lowest BCUT2D eigenvalue weighted by molar-refractivity contribution is -0.122. The van der Waals surface area contributed by atoms with Crippen LogP contribution in [0.25, 0.3) is 10.9 Å². The van der Waals surface area contributed by atoms with E-state index in [0.717, 1.165) is 10.9 Å². The molecule has 1 amide bonds. The second-order valence-electron chi connectivity index (χ2n) is 4.94. The molecule has 1 N–H and O–H groups in total. The van der Waals surface area contributed by atoms with Crippen LogP contribution in [-0.2, 0) is 4.79 Å². The van der Waals surface area contributed by atoms with Crippen LogP contribution in [0.4, 0.5) is 5.69 Å². The average molecular weight is 292 g/mol. The van der Waals surface area contributed by atoms with Crippen molar-refractivity contribution in [2.24, 2.45) is 0 Å². The number of ether oxygens (including phenoxy) is 1. The van der Waals surface area contributed by atoms with Gasteiger partial charge in [0.1, 0.15) is 5.75 Å². The third kappa shape index (κ3) is 3.06. The number of aromatic nitrogens is 1. The normalized spacial score (nSPS) is 11.9. The first-order valence-electron chi connectivity index (χ1n) is 7.10. The van der Waals surface area contributed by atoms with Crippen LogP contribution in [0.3, 0.4) is 0 Å². The summed E-state index contributed by atoms with van der Waals surface area (Å²) in [5.41, 5.74) is 1.46. The van der Waals surface area contributed by atoms with E-state index in [0.29, 0.717) is 11.4 Å². The van der Waals surface area contributed by atoms with Crippen molar-refractivity contribution in [1.82, 2.24) is 4.98 Å². The molecule has 1 heterocycles. The number of anilines is 1. The third-order valence-corrected chi connectivity index (χ3v) is 3.32. The summed E-state index contributed by atoms with van der Waals surface area (Å²) in [6.07, 6.45) is 1.11. The fraction of sp³-hybridized carbons (Fsp3) is 0.111. The van der Waals surface area contributed by atoms with Gasteiger partial charge in [-0.15, -0.1) is 0 Å². The minimum atomic E-state index is -0.596. The summed E-state index contributed by atoms with van der Waals surface area (Å²) in [5, 5.41) is 3.86. The molecule has 0 saturated heterocycles. The monoisotopic (exact) mass is 292 g/mol. The molecule has 0 unspecified atom stereocenters. The Balaban J connectivity index is 1.75. The molecule has 2 aromatic carbocycles. The number of hydrogen-bond acceptors (Lipinski definition) is 3. The van der Waals surface area contributed by atoms with Crippen molar-refractivity contribution in [2.75, 3.05) is 5.32 Å². The number of fused-ring (bicyclic) bond motifs is 1. The van der Waals surface area contributed by atoms with Gasteiger partial charge in [-0.05, 0) is 31.2 Å². The molecule has 0 bridgehead atoms. The minimum absolute atomic E-state index is 0.206. The summed E-state index contributed by atoms with van der Waals surface area (Å²) in [6.45, 7) is 1.72. The third-order valence-electron chi connectivity index (χ3n) is 3.32. The number of hydrogen-bond donors (Lipinski definition) is 1. The zero-order valence-electron chi connectivity index (χ0n) is 12.2. The molecule has 22 heavy (non-hydrogen) atoms. The molecule has 0 aliphatic rings. The van der Waals surface area contributed by atoms with Crippen LogP contribution in [0.1, 0.15) is 6.92 Å². The van der Waals surface area contributed by atoms with Gasteiger partial charge in [0.05, 0.1) is 11.2 Å². The first-order chi connectivity index (χ1) is 10.7. The lowest BCUT2D eigenvalue weighted by atomic mass is 10.2. The molecular formula is C18H16N2O2. The van der Waals surface area contributed by atoms with Crippen LogP contribution in [0.2, 0.25) is 0 Å². The fourth-order valence-electron chi connectivity index (χ4n) is 2.20. The largest absolute Gasteiger partial charge is 0.481 e. The summed E-state index contributed by atoms with van der Waals surface area (Å²) >= 11 is 0. The molecule has 4 nitrogen and oxygen atoms in total. The molecular weight excluding hydrogens is 276 g/mol. The molecule has 0 fully saturated rings. The summed E-state index contributed by atoms with van der Waals surface area (Å²) in [6, 6.07) is 18.8. The van der Waals surface area contributed by atoms with E-state index in [1.165, 1.54) is 0 Å². The van der Waals surface area contributed by atoms with Gasteiger partial charge in [0.2, 0.25) is 0 Å². The zero-order valence-corrected chi connectivity index (χ0v) is 12.2. The van der Waals surface area contributed by atoms with Crippen molar-refractivity contribution in [3.63, 3.8) is 0 Å². The number of rotatable bonds is 4. The zero-order chi connectivity index (χ0) is 15.4. The molecule has 3 aromatic rings. The van der Waals surface area contributed by atoms with E-state index in [9.17, 15) is 4.79 Å². The highest BCUT2D eigenvalue weighted by Gasteiger charge is 2.16. The van der Waals surface area contributed by atoms with Crippen molar-refractivity contribution in [1.29, 1.82) is 0 Å². The average Bonchev–Trinajstić information content (AvgIpc) is 2.56. The van der Waals surface area contributed by atoms with Gasteiger partial charge in [-0.2, -0.15) is 0 Å². The molecule has 1 atom stereocenters. The Morgan fingerprint density at radius 1 is 1.05 bits per heavy atom. The quantitative estimate of drug-likeness (QED) is 0.798. The van der Waals surface area contributed by atoms with E-state index >= 15 is 0 Å². The Labute approximate surface area is 128 Å². The van der Waals surface area contributed by atoms with Crippen LogP contribution in [-0.4, -0.2) is 17.0 Å². The Kier molecular flexibility index (Phi) is 4.01. The highest BCUT2D eigenvalue weighted by atomic mass is 16.5. The molecule has 4 heteroatoms. The SMILES string of the molecule is C[C@@H](Oc1ccccc1)C(=O)Nc1cccc2cccnc12. The molecule has 0 saturated carbocycles. The number of para-hydroxylation sites is 2. The van der Waals surface area contributed by atoms with Gasteiger partial charge in [-0.25, -0.2) is 0 Å². The standard InChI is InChI=1S/C18H16N2O2/c1-13(22-15-9-3-2-4-10-15)18(21)20-16-11-5-7-14-8-6-12-19-17(14)16/h2-13H,1H3,(H,20,21)/t13-/m1/s1. The number of carbonyl (C=O) groups is 1. The van der Waals surface area contributed by atoms with Crippen LogP contribution in [0, 0.1) is 0 Å². The molecule has 1 aromatic heterocycles. The molecule has 0 spiro atoms. The highest BCUT2D eigenvalue weighted by molar-refractivity contribution is 6.01. The van der Waals surface area contributed by atoms with Crippen molar-refractivity contribution < 1.29 is 9.53 Å². The maximum absolute atomic E-state index is 12.3. The number of nitrogens with zero attached hydrogens (tertiary/aromatic N) is 1. The van der Waals surface area contributed by atoms with Crippen molar-refractivity contribution >= 4 is 22.5 Å². The molecule has 0 aliphatic carbocycles. The summed E-state index contributed by atoms with van der Waals surface area (Å²) < 4.78 is 5.63. The van der Waals surface area contributed by atoms with E-state index in [-0.39, 0.29) is 5.91 Å². The Morgan fingerprint density at radius 2 is 1.82 bits per heavy atom. The Morgan fingerprint density at radius 3 is 2.64 bits per heavy atom. The predicted octanol–water partition coefficient (Wildman–Crippen LogP) is 3.64. The highest BCUT2D eigenvalue weighted by Crippen LogP contribution is 2.21. The van der Waals surface area contributed by atoms with Crippen molar-refractivity contribution in [3.8, 4) is 5.75 Å². The molecule has 0 aliphatic heterocycles. The lowest BCUT2D eigenvalue weighted by Gasteiger charge is -2.15. The first kappa shape index (κ1) is 14.1. The maximum atomic E-state index is 12.3. The van der Waals surface area contributed by atoms with E-state index < -0.39 is 6.10 Å². The van der Waals surface area contributed by atoms with Gasteiger partial charge in [0.25, 0.3) is 5.91 Å². The molecule has 110 valence electrons. The second kappa shape index (κ2) is 6.26. The smallest absolute Gasteiger partial charge is 0.265 e. The van der Waals surface area contributed by atoms with Gasteiger partial charge < -0.3 is 10.1 Å². The van der Waals surface area contributed by atoms with Crippen LogP contribution < -0.4 is 10.1 Å². The van der Waals surface area contributed by atoms with Gasteiger partial charge in [-0.1, -0.05) is 36.4 Å². The van der Waals surface area contributed by atoms with Gasteiger partial charge >= 0.3 is 0 Å². The van der Waals surface area contributed by atoms with Crippen molar-refractivity contribution in [2.45, 2.75) is 13.0 Å². The second-order valence-corrected chi connectivity index (χ2v) is 4.94. The van der Waals surface area contributed by atoms with Crippen molar-refractivity contribution in [3.05, 3.63) is 66.9 Å². The number of amides is 1.